The summed E-state index contributed by atoms with van der Waals surface area (Å²) in [7, 11) is 6.03. The predicted octanol–water partition coefficient (Wildman–Crippen LogP) is 3.10. The van der Waals surface area contributed by atoms with Gasteiger partial charge in [0.2, 0.25) is 5.95 Å². The molecule has 1 aliphatic heterocycles. The lowest BCUT2D eigenvalue weighted by molar-refractivity contribution is 0.0892. The van der Waals surface area contributed by atoms with Crippen molar-refractivity contribution in [1.29, 1.82) is 0 Å². The van der Waals surface area contributed by atoms with Crippen LogP contribution in [0.5, 0.6) is 0 Å². The molecular weight excluding hydrogens is 424 g/mol. The molecule has 2 aliphatic rings. The number of rotatable bonds is 6. The van der Waals surface area contributed by atoms with Gasteiger partial charge >= 0.3 is 0 Å². The van der Waals surface area contributed by atoms with E-state index in [2.05, 4.69) is 70.7 Å². The Balaban J connectivity index is 1.58. The Labute approximate surface area is 201 Å². The second kappa shape index (κ2) is 9.52. The van der Waals surface area contributed by atoms with Crippen LogP contribution in [-0.4, -0.2) is 78.9 Å². The standard InChI is InChI=1S/C27H32N6O/c1-31(2)22-18-21-24(25(22)34)29-27(33-16-14-32(3)15-17-33)30-26(21)28-23(19-10-6-4-7-11-19)20-12-8-5-9-13-20/h4-13,22-23H,14-18H2,1-3H3,(H,28,29,30). The SMILES string of the molecule is CN1CCN(c2nc(NC(c3ccccc3)c3ccccc3)c3c(n2)C(=O)C(N(C)C)C3)CC1. The van der Waals surface area contributed by atoms with Crippen LogP contribution < -0.4 is 10.2 Å². The maximum Gasteiger partial charge on any atom is 0.228 e. The molecule has 0 radical (unpaired) electrons. The molecule has 1 atom stereocenters. The molecule has 1 aromatic heterocycles. The lowest BCUT2D eigenvalue weighted by Gasteiger charge is -2.33. The van der Waals surface area contributed by atoms with Gasteiger partial charge in [-0.2, -0.15) is 4.98 Å². The van der Waals surface area contributed by atoms with E-state index in [1.807, 2.05) is 31.1 Å². The van der Waals surface area contributed by atoms with Crippen LogP contribution in [0.25, 0.3) is 0 Å². The molecule has 0 saturated carbocycles. The molecule has 0 spiro atoms. The first kappa shape index (κ1) is 22.5. The Morgan fingerprint density at radius 1 is 0.912 bits per heavy atom. The summed E-state index contributed by atoms with van der Waals surface area (Å²) in [6.07, 6.45) is 0.614. The number of likely N-dealkylation sites (N-methyl/N-ethyl adjacent to an activating group) is 2. The summed E-state index contributed by atoms with van der Waals surface area (Å²) in [5, 5.41) is 3.72. The van der Waals surface area contributed by atoms with Crippen LogP contribution in [0.4, 0.5) is 11.8 Å². The number of hydrogen-bond donors (Lipinski definition) is 1. The van der Waals surface area contributed by atoms with E-state index < -0.39 is 0 Å². The number of hydrogen-bond acceptors (Lipinski definition) is 7. The van der Waals surface area contributed by atoms with Gasteiger partial charge in [0.25, 0.3) is 0 Å². The molecule has 3 aromatic rings. The molecule has 7 nitrogen and oxygen atoms in total. The van der Waals surface area contributed by atoms with Crippen molar-refractivity contribution in [2.45, 2.75) is 18.5 Å². The van der Waals surface area contributed by atoms with Gasteiger partial charge in [0.15, 0.2) is 5.78 Å². The normalized spacial score (nSPS) is 18.6. The molecule has 0 bridgehead atoms. The highest BCUT2D eigenvalue weighted by Gasteiger charge is 2.37. The van der Waals surface area contributed by atoms with Crippen LogP contribution >= 0.6 is 0 Å². The number of aromatic nitrogens is 2. The smallest absolute Gasteiger partial charge is 0.228 e. The summed E-state index contributed by atoms with van der Waals surface area (Å²) < 4.78 is 0. The van der Waals surface area contributed by atoms with Crippen molar-refractivity contribution in [3.8, 4) is 0 Å². The minimum Gasteiger partial charge on any atom is -0.359 e. The molecule has 1 aliphatic carbocycles. The van der Waals surface area contributed by atoms with Gasteiger partial charge in [-0.05, 0) is 32.3 Å². The van der Waals surface area contributed by atoms with E-state index in [1.165, 1.54) is 0 Å². The zero-order valence-corrected chi connectivity index (χ0v) is 20.1. The van der Waals surface area contributed by atoms with E-state index in [9.17, 15) is 4.79 Å². The number of benzene rings is 2. The summed E-state index contributed by atoms with van der Waals surface area (Å²) in [4.78, 5) is 29.6. The fourth-order valence-electron chi connectivity index (χ4n) is 4.78. The van der Waals surface area contributed by atoms with Crippen molar-refractivity contribution in [3.05, 3.63) is 83.0 Å². The number of ketones is 1. The number of carbonyl (C=O) groups excluding carboxylic acids is 1. The largest absolute Gasteiger partial charge is 0.359 e. The molecular formula is C27H32N6O. The van der Waals surface area contributed by atoms with Crippen molar-refractivity contribution in [2.75, 3.05) is 57.5 Å². The summed E-state index contributed by atoms with van der Waals surface area (Å²) in [5.74, 6) is 1.48. The van der Waals surface area contributed by atoms with Gasteiger partial charge in [0.1, 0.15) is 11.5 Å². The van der Waals surface area contributed by atoms with Crippen LogP contribution in [0, 0.1) is 0 Å². The zero-order valence-electron chi connectivity index (χ0n) is 20.1. The van der Waals surface area contributed by atoms with Crippen LogP contribution in [0.15, 0.2) is 60.7 Å². The quantitative estimate of drug-likeness (QED) is 0.611. The number of Topliss-reactive ketones (excluding diaryl/α,β-unsaturated/α-hetero) is 1. The Hall–Kier alpha value is -3.29. The van der Waals surface area contributed by atoms with E-state index in [0.29, 0.717) is 18.1 Å². The first-order valence-electron chi connectivity index (χ1n) is 11.9. The summed E-state index contributed by atoms with van der Waals surface area (Å²) in [6, 6.07) is 20.5. The minimum atomic E-state index is -0.209. The third-order valence-corrected chi connectivity index (χ3v) is 6.89. The maximum absolute atomic E-state index is 13.3. The average molecular weight is 457 g/mol. The highest BCUT2D eigenvalue weighted by Crippen LogP contribution is 2.34. The minimum absolute atomic E-state index is 0.0804. The van der Waals surface area contributed by atoms with Crippen molar-refractivity contribution < 1.29 is 4.79 Å². The molecule has 176 valence electrons. The Bertz CT molecular complexity index is 1100. The molecule has 2 aromatic carbocycles. The average Bonchev–Trinajstić information content (AvgIpc) is 3.21. The van der Waals surface area contributed by atoms with Crippen LogP contribution in [0.1, 0.15) is 33.2 Å². The van der Waals surface area contributed by atoms with Crippen molar-refractivity contribution in [1.82, 2.24) is 19.8 Å². The molecule has 1 N–H and O–H groups in total. The van der Waals surface area contributed by atoms with Gasteiger partial charge in [-0.25, -0.2) is 4.98 Å². The van der Waals surface area contributed by atoms with E-state index in [1.54, 1.807) is 0 Å². The van der Waals surface area contributed by atoms with E-state index in [0.717, 1.165) is 48.7 Å². The van der Waals surface area contributed by atoms with E-state index >= 15 is 0 Å². The maximum atomic E-state index is 13.3. The monoisotopic (exact) mass is 456 g/mol. The zero-order chi connectivity index (χ0) is 23.7. The number of anilines is 2. The van der Waals surface area contributed by atoms with Crippen molar-refractivity contribution in [3.63, 3.8) is 0 Å². The second-order valence-electron chi connectivity index (χ2n) is 9.44. The van der Waals surface area contributed by atoms with E-state index in [-0.39, 0.29) is 17.9 Å². The molecule has 7 heteroatoms. The molecule has 34 heavy (non-hydrogen) atoms. The molecule has 2 heterocycles. The Kier molecular flexibility index (Phi) is 6.30. The topological polar surface area (TPSA) is 64.6 Å². The fraction of sp³-hybridized carbons (Fsp3) is 0.370. The first-order valence-corrected chi connectivity index (χ1v) is 11.9. The lowest BCUT2D eigenvalue weighted by atomic mass is 9.98. The molecule has 1 fully saturated rings. The molecule has 0 amide bonds. The summed E-state index contributed by atoms with van der Waals surface area (Å²) >= 11 is 0. The lowest BCUT2D eigenvalue weighted by Crippen LogP contribution is -2.45. The summed E-state index contributed by atoms with van der Waals surface area (Å²) in [5.41, 5.74) is 3.77. The number of fused-ring (bicyclic) bond motifs is 1. The van der Waals surface area contributed by atoms with Gasteiger partial charge in [0, 0.05) is 38.2 Å². The number of nitrogens with one attached hydrogen (secondary N) is 1. The van der Waals surface area contributed by atoms with Crippen LogP contribution in [0.2, 0.25) is 0 Å². The third kappa shape index (κ3) is 4.41. The number of nitrogens with zero attached hydrogens (tertiary/aromatic N) is 5. The number of carbonyl (C=O) groups is 1. The highest BCUT2D eigenvalue weighted by atomic mass is 16.1. The number of piperazine rings is 1. The van der Waals surface area contributed by atoms with Crippen LogP contribution in [-0.2, 0) is 6.42 Å². The highest BCUT2D eigenvalue weighted by molar-refractivity contribution is 6.04. The second-order valence-corrected chi connectivity index (χ2v) is 9.44. The Morgan fingerprint density at radius 3 is 2.06 bits per heavy atom. The van der Waals surface area contributed by atoms with Gasteiger partial charge in [-0.15, -0.1) is 0 Å². The first-order chi connectivity index (χ1) is 16.5. The summed E-state index contributed by atoms with van der Waals surface area (Å²) in [6.45, 7) is 3.60. The van der Waals surface area contributed by atoms with Gasteiger partial charge in [0.05, 0.1) is 12.1 Å². The molecule has 1 unspecified atom stereocenters. The van der Waals surface area contributed by atoms with E-state index in [4.69, 9.17) is 9.97 Å². The Morgan fingerprint density at radius 2 is 1.50 bits per heavy atom. The molecule has 5 rings (SSSR count). The van der Waals surface area contributed by atoms with Crippen LogP contribution in [0.3, 0.4) is 0 Å². The van der Waals surface area contributed by atoms with Crippen molar-refractivity contribution >= 4 is 17.5 Å². The third-order valence-electron chi connectivity index (χ3n) is 6.89. The predicted molar refractivity (Wildman–Crippen MR) is 136 cm³/mol. The fourth-order valence-corrected chi connectivity index (χ4v) is 4.78. The van der Waals surface area contributed by atoms with Gasteiger partial charge < -0.3 is 15.1 Å². The van der Waals surface area contributed by atoms with Crippen molar-refractivity contribution in [2.24, 2.45) is 0 Å². The molecule has 1 saturated heterocycles. The van der Waals surface area contributed by atoms with Gasteiger partial charge in [-0.1, -0.05) is 60.7 Å². The van der Waals surface area contributed by atoms with Gasteiger partial charge in [-0.3, -0.25) is 9.69 Å².